The Morgan fingerprint density at radius 1 is 1.03 bits per heavy atom. The van der Waals surface area contributed by atoms with Gasteiger partial charge in [0.25, 0.3) is 0 Å². The van der Waals surface area contributed by atoms with Gasteiger partial charge in [-0.3, -0.25) is 0 Å². The third-order valence-electron chi connectivity index (χ3n) is 6.20. The molecule has 180 valence electrons. The van der Waals surface area contributed by atoms with Crippen molar-refractivity contribution in [3.8, 4) is 34.0 Å². The van der Waals surface area contributed by atoms with E-state index in [0.717, 1.165) is 29.7 Å². The van der Waals surface area contributed by atoms with Crippen molar-refractivity contribution in [3.63, 3.8) is 0 Å². The van der Waals surface area contributed by atoms with Crippen LogP contribution in [0.15, 0.2) is 70.2 Å². The first-order chi connectivity index (χ1) is 17.0. The Morgan fingerprint density at radius 2 is 1.74 bits per heavy atom. The summed E-state index contributed by atoms with van der Waals surface area (Å²) in [6.45, 7) is 1.80. The van der Waals surface area contributed by atoms with Gasteiger partial charge in [0.15, 0.2) is 27.1 Å². The number of anilines is 1. The summed E-state index contributed by atoms with van der Waals surface area (Å²) in [5.74, 6) is 0.595. The van der Waals surface area contributed by atoms with Crippen molar-refractivity contribution in [2.24, 2.45) is 5.73 Å². The molecule has 1 saturated heterocycles. The van der Waals surface area contributed by atoms with Gasteiger partial charge in [0.2, 0.25) is 0 Å². The number of rotatable bonds is 6. The summed E-state index contributed by atoms with van der Waals surface area (Å²) in [5, 5.41) is 6.90. The van der Waals surface area contributed by atoms with Crippen LogP contribution < -0.4 is 16.8 Å². The first-order valence-corrected chi connectivity index (χ1v) is 12.9. The van der Waals surface area contributed by atoms with Crippen molar-refractivity contribution in [2.75, 3.05) is 18.8 Å². The van der Waals surface area contributed by atoms with Crippen molar-refractivity contribution >= 4 is 15.7 Å². The van der Waals surface area contributed by atoms with E-state index in [1.54, 1.807) is 36.5 Å². The quantitative estimate of drug-likeness (QED) is 0.370. The van der Waals surface area contributed by atoms with E-state index in [4.69, 9.17) is 16.0 Å². The Bertz CT molecular complexity index is 1430. The summed E-state index contributed by atoms with van der Waals surface area (Å²) in [4.78, 5) is 9.20. The maximum Gasteiger partial charge on any atom is 0.189 e. The zero-order valence-corrected chi connectivity index (χ0v) is 19.8. The van der Waals surface area contributed by atoms with Crippen LogP contribution in [0.4, 0.5) is 5.82 Å². The first-order valence-electron chi connectivity index (χ1n) is 11.4. The minimum atomic E-state index is -3.40. The van der Waals surface area contributed by atoms with E-state index in [9.17, 15) is 8.42 Å². The van der Waals surface area contributed by atoms with Crippen LogP contribution in [-0.4, -0.2) is 41.9 Å². The normalized spacial score (nSPS) is 16.3. The zero-order valence-electron chi connectivity index (χ0n) is 19.0. The number of sulfone groups is 1. The van der Waals surface area contributed by atoms with Crippen molar-refractivity contribution in [1.29, 1.82) is 0 Å². The van der Waals surface area contributed by atoms with Crippen LogP contribution in [-0.2, 0) is 16.4 Å². The molecule has 5 N–H and O–H groups in total. The Morgan fingerprint density at radius 3 is 2.43 bits per heavy atom. The molecule has 0 radical (unpaired) electrons. The van der Waals surface area contributed by atoms with Gasteiger partial charge in [-0.2, -0.15) is 0 Å². The average molecular weight is 491 g/mol. The third-order valence-corrected chi connectivity index (χ3v) is 8.41. The second-order valence-electron chi connectivity index (χ2n) is 8.50. The van der Waals surface area contributed by atoms with Crippen molar-refractivity contribution in [1.82, 2.24) is 20.4 Å². The first kappa shape index (κ1) is 23.2. The van der Waals surface area contributed by atoms with Gasteiger partial charge in [-0.25, -0.2) is 18.4 Å². The molecular weight excluding hydrogens is 464 g/mol. The minimum Gasteiger partial charge on any atom is -0.382 e. The maximum absolute atomic E-state index is 13.0. The molecule has 1 fully saturated rings. The summed E-state index contributed by atoms with van der Waals surface area (Å²) in [5.41, 5.74) is 15.9. The van der Waals surface area contributed by atoms with E-state index >= 15 is 0 Å². The lowest BCUT2D eigenvalue weighted by Gasteiger charge is -2.22. The van der Waals surface area contributed by atoms with Crippen LogP contribution in [0.5, 0.6) is 0 Å². The molecule has 0 amide bonds. The average Bonchev–Trinajstić information content (AvgIpc) is 3.40. The highest BCUT2D eigenvalue weighted by Crippen LogP contribution is 2.30. The summed E-state index contributed by atoms with van der Waals surface area (Å²) in [6.07, 6.45) is 3.07. The molecule has 1 unspecified atom stereocenters. The van der Waals surface area contributed by atoms with Crippen LogP contribution in [0, 0.1) is 0 Å². The lowest BCUT2D eigenvalue weighted by molar-refractivity contribution is 0.434. The van der Waals surface area contributed by atoms with Crippen molar-refractivity contribution in [3.05, 3.63) is 66.4 Å². The molecule has 10 heteroatoms. The van der Waals surface area contributed by atoms with Gasteiger partial charge in [-0.15, -0.1) is 0 Å². The van der Waals surface area contributed by atoms with Crippen molar-refractivity contribution in [2.45, 2.75) is 29.5 Å². The molecule has 4 aromatic rings. The van der Waals surface area contributed by atoms with E-state index in [1.807, 2.05) is 24.3 Å². The van der Waals surface area contributed by atoms with Gasteiger partial charge < -0.3 is 21.3 Å². The molecule has 1 aliphatic rings. The Kier molecular flexibility index (Phi) is 6.33. The Labute approximate surface area is 203 Å². The fourth-order valence-corrected chi connectivity index (χ4v) is 5.86. The number of nitrogens with zero attached hydrogens (tertiary/aromatic N) is 3. The van der Waals surface area contributed by atoms with E-state index < -0.39 is 15.1 Å². The number of hydrogen-bond donors (Lipinski definition) is 3. The van der Waals surface area contributed by atoms with Crippen molar-refractivity contribution < 1.29 is 12.9 Å². The van der Waals surface area contributed by atoms with Gasteiger partial charge >= 0.3 is 0 Å². The number of piperidine rings is 1. The summed E-state index contributed by atoms with van der Waals surface area (Å²) < 4.78 is 31.4. The molecule has 0 spiro atoms. The van der Waals surface area contributed by atoms with Crippen LogP contribution in [0.2, 0.25) is 0 Å². The molecule has 35 heavy (non-hydrogen) atoms. The lowest BCUT2D eigenvalue weighted by atomic mass is 10.1. The molecule has 3 heterocycles. The Hall–Kier alpha value is -3.60. The Balaban J connectivity index is 1.41. The van der Waals surface area contributed by atoms with Crippen LogP contribution >= 0.6 is 0 Å². The van der Waals surface area contributed by atoms with E-state index in [1.165, 1.54) is 0 Å². The van der Waals surface area contributed by atoms with Gasteiger partial charge in [0, 0.05) is 30.3 Å². The number of hydrogen-bond acceptors (Lipinski definition) is 9. The van der Waals surface area contributed by atoms with Crippen LogP contribution in [0.1, 0.15) is 18.4 Å². The second kappa shape index (κ2) is 9.57. The fraction of sp³-hybridized carbons (Fsp3) is 0.240. The standard InChI is InChI=1S/C25H26N6O3S/c26-13-16-3-5-17(6-4-16)21-12-23(34-31-21)24-25(27)29-15-22(30-24)18-7-9-19(10-8-18)35(32,33)20-2-1-11-28-14-20/h3-10,12,15,20,28H,1-2,11,13-14,26H2,(H2,27,29). The summed E-state index contributed by atoms with van der Waals surface area (Å²) in [6, 6.07) is 16.2. The highest BCUT2D eigenvalue weighted by Gasteiger charge is 2.28. The van der Waals surface area contributed by atoms with Gasteiger partial charge in [-0.05, 0) is 37.1 Å². The molecular formula is C25H26N6O3S. The van der Waals surface area contributed by atoms with E-state index in [0.29, 0.717) is 47.2 Å². The molecule has 1 aliphatic heterocycles. The van der Waals surface area contributed by atoms with E-state index in [-0.39, 0.29) is 5.82 Å². The number of nitrogens with one attached hydrogen (secondary N) is 1. The van der Waals surface area contributed by atoms with Gasteiger partial charge in [0.05, 0.1) is 22.0 Å². The van der Waals surface area contributed by atoms with Gasteiger partial charge in [0.1, 0.15) is 5.69 Å². The van der Waals surface area contributed by atoms with E-state index in [2.05, 4.69) is 20.4 Å². The topological polar surface area (TPSA) is 150 Å². The molecule has 5 rings (SSSR count). The zero-order chi connectivity index (χ0) is 24.4. The minimum absolute atomic E-state index is 0.207. The van der Waals surface area contributed by atoms with Crippen LogP contribution in [0.25, 0.3) is 34.0 Å². The molecule has 1 atom stereocenters. The number of nitrogens with two attached hydrogens (primary N) is 2. The van der Waals surface area contributed by atoms with Crippen LogP contribution in [0.3, 0.4) is 0 Å². The summed E-state index contributed by atoms with van der Waals surface area (Å²) >= 11 is 0. The highest BCUT2D eigenvalue weighted by atomic mass is 32.2. The second-order valence-corrected chi connectivity index (χ2v) is 10.7. The number of aromatic nitrogens is 3. The molecule has 0 bridgehead atoms. The fourth-order valence-electron chi connectivity index (χ4n) is 4.15. The predicted octanol–water partition coefficient (Wildman–Crippen LogP) is 3.03. The molecule has 0 saturated carbocycles. The van der Waals surface area contributed by atoms with Gasteiger partial charge in [-0.1, -0.05) is 41.6 Å². The largest absolute Gasteiger partial charge is 0.382 e. The number of benzene rings is 2. The molecule has 2 aromatic heterocycles. The maximum atomic E-state index is 13.0. The number of nitrogen functional groups attached to an aromatic ring is 1. The summed E-state index contributed by atoms with van der Waals surface area (Å²) in [7, 11) is -3.40. The smallest absolute Gasteiger partial charge is 0.189 e. The monoisotopic (exact) mass is 490 g/mol. The molecule has 2 aromatic carbocycles. The SMILES string of the molecule is NCc1ccc(-c2cc(-c3nc(-c4ccc(S(=O)(=O)C5CCCNC5)cc4)cnc3N)on2)cc1. The molecule has 9 nitrogen and oxygen atoms in total. The lowest BCUT2D eigenvalue weighted by Crippen LogP contribution is -2.38. The highest BCUT2D eigenvalue weighted by molar-refractivity contribution is 7.92. The predicted molar refractivity (Wildman–Crippen MR) is 134 cm³/mol. The third kappa shape index (κ3) is 4.68. The molecule has 0 aliphatic carbocycles.